The van der Waals surface area contributed by atoms with Crippen molar-refractivity contribution in [1.82, 2.24) is 5.32 Å². The predicted molar refractivity (Wildman–Crippen MR) is 123 cm³/mol. The van der Waals surface area contributed by atoms with Crippen LogP contribution in [0, 0.1) is 25.7 Å². The first-order valence-electron chi connectivity index (χ1n) is 12.1. The van der Waals surface area contributed by atoms with Crippen molar-refractivity contribution in [3.05, 3.63) is 41.5 Å². The van der Waals surface area contributed by atoms with Crippen molar-refractivity contribution in [2.24, 2.45) is 11.8 Å². The number of fused-ring (bicyclic) bond motifs is 1. The topological polar surface area (TPSA) is 84.9 Å². The van der Waals surface area contributed by atoms with Gasteiger partial charge in [0.25, 0.3) is 5.91 Å². The van der Waals surface area contributed by atoms with E-state index in [1.807, 2.05) is 45.1 Å². The van der Waals surface area contributed by atoms with Crippen molar-refractivity contribution < 1.29 is 23.9 Å². The second kappa shape index (κ2) is 8.28. The normalized spacial score (nSPS) is 31.2. The van der Waals surface area contributed by atoms with Crippen LogP contribution in [0.3, 0.4) is 0 Å². The van der Waals surface area contributed by atoms with Crippen LogP contribution in [-0.4, -0.2) is 48.2 Å². The average molecular weight is 453 g/mol. The van der Waals surface area contributed by atoms with Crippen LogP contribution >= 0.6 is 0 Å². The summed E-state index contributed by atoms with van der Waals surface area (Å²) in [6, 6.07) is 6.18. The second-order valence-electron chi connectivity index (χ2n) is 9.99. The third-order valence-electron chi connectivity index (χ3n) is 7.51. The van der Waals surface area contributed by atoms with E-state index < -0.39 is 35.6 Å². The van der Waals surface area contributed by atoms with E-state index in [0.717, 1.165) is 42.5 Å². The molecular formula is C26H32N2O5. The molecule has 1 spiro atoms. The van der Waals surface area contributed by atoms with Gasteiger partial charge in [0.05, 0.1) is 18.6 Å². The number of nitrogens with one attached hydrogen (secondary N) is 1. The molecule has 33 heavy (non-hydrogen) atoms. The maximum absolute atomic E-state index is 13.6. The number of benzene rings is 1. The number of aryl methyl sites for hydroxylation is 2. The molecule has 5 atom stereocenters. The lowest BCUT2D eigenvalue weighted by atomic mass is 9.77. The Hall–Kier alpha value is -2.67. The fourth-order valence-electron chi connectivity index (χ4n) is 6.00. The molecule has 0 aromatic heterocycles. The van der Waals surface area contributed by atoms with Crippen molar-refractivity contribution in [3.8, 4) is 0 Å². The van der Waals surface area contributed by atoms with Gasteiger partial charge in [-0.15, -0.1) is 0 Å². The minimum atomic E-state index is -0.857. The molecule has 2 saturated heterocycles. The van der Waals surface area contributed by atoms with Gasteiger partial charge in [-0.2, -0.15) is 0 Å². The van der Waals surface area contributed by atoms with Crippen molar-refractivity contribution in [2.75, 3.05) is 11.4 Å². The fourth-order valence-corrected chi connectivity index (χ4v) is 6.00. The Morgan fingerprint density at radius 1 is 1.21 bits per heavy atom. The maximum atomic E-state index is 13.6. The van der Waals surface area contributed by atoms with Crippen LogP contribution in [0.4, 0.5) is 5.69 Å². The monoisotopic (exact) mass is 452 g/mol. The molecule has 1 saturated carbocycles. The molecule has 7 nitrogen and oxygen atoms in total. The highest BCUT2D eigenvalue weighted by Gasteiger charge is 2.67. The number of amides is 2. The molecule has 1 aliphatic carbocycles. The molecule has 1 aromatic carbocycles. The van der Waals surface area contributed by atoms with Crippen LogP contribution in [-0.2, 0) is 23.9 Å². The molecule has 2 amide bonds. The molecule has 4 aliphatic rings. The highest BCUT2D eigenvalue weighted by molar-refractivity contribution is 6.03. The van der Waals surface area contributed by atoms with Crippen molar-refractivity contribution >= 4 is 23.5 Å². The van der Waals surface area contributed by atoms with E-state index in [2.05, 4.69) is 11.4 Å². The van der Waals surface area contributed by atoms with Crippen LogP contribution in [0.1, 0.15) is 50.2 Å². The zero-order valence-electron chi connectivity index (χ0n) is 19.5. The number of carbonyl (C=O) groups excluding carboxylic acids is 3. The molecule has 3 aliphatic heterocycles. The second-order valence-corrected chi connectivity index (χ2v) is 9.99. The van der Waals surface area contributed by atoms with E-state index in [1.54, 1.807) is 4.90 Å². The fraction of sp³-hybridized carbons (Fsp3) is 0.577. The molecule has 1 aromatic rings. The molecule has 0 radical (unpaired) electrons. The van der Waals surface area contributed by atoms with E-state index >= 15 is 0 Å². The molecular weight excluding hydrogens is 420 g/mol. The van der Waals surface area contributed by atoms with Crippen LogP contribution in [0.25, 0.3) is 0 Å². The zero-order chi connectivity index (χ0) is 23.3. The van der Waals surface area contributed by atoms with Gasteiger partial charge >= 0.3 is 5.97 Å². The summed E-state index contributed by atoms with van der Waals surface area (Å²) in [5, 5.41) is 3.02. The minimum Gasteiger partial charge on any atom is -0.452 e. The summed E-state index contributed by atoms with van der Waals surface area (Å²) in [7, 11) is 0. The van der Waals surface area contributed by atoms with Gasteiger partial charge in [-0.25, -0.2) is 0 Å². The van der Waals surface area contributed by atoms with Crippen molar-refractivity contribution in [2.45, 2.75) is 76.7 Å². The number of nitrogens with zero attached hydrogens (tertiary/aromatic N) is 1. The smallest absolute Gasteiger partial charge is 0.313 e. The Kier molecular flexibility index (Phi) is 5.55. The van der Waals surface area contributed by atoms with Crippen LogP contribution in [0.2, 0.25) is 0 Å². The van der Waals surface area contributed by atoms with Gasteiger partial charge in [-0.05, 0) is 56.4 Å². The Bertz CT molecular complexity index is 994. The molecule has 3 fully saturated rings. The highest BCUT2D eigenvalue weighted by Crippen LogP contribution is 2.53. The van der Waals surface area contributed by atoms with E-state index in [1.165, 1.54) is 0 Å². The van der Waals surface area contributed by atoms with Gasteiger partial charge in [-0.1, -0.05) is 38.0 Å². The largest absolute Gasteiger partial charge is 0.452 e. The van der Waals surface area contributed by atoms with E-state index in [9.17, 15) is 14.4 Å². The Balaban J connectivity index is 1.34. The summed E-state index contributed by atoms with van der Waals surface area (Å²) in [4.78, 5) is 41.3. The molecule has 1 N–H and O–H groups in total. The van der Waals surface area contributed by atoms with Gasteiger partial charge < -0.3 is 19.7 Å². The molecule has 3 heterocycles. The zero-order valence-corrected chi connectivity index (χ0v) is 19.5. The molecule has 0 unspecified atom stereocenters. The van der Waals surface area contributed by atoms with Crippen LogP contribution in [0.15, 0.2) is 30.4 Å². The predicted octanol–water partition coefficient (Wildman–Crippen LogP) is 2.97. The van der Waals surface area contributed by atoms with Crippen LogP contribution in [0.5, 0.6) is 0 Å². The maximum Gasteiger partial charge on any atom is 0.313 e. The SMILES string of the molecule is CC[C@H](OC(=O)[C@H]1[C@@H]2C=C[C@]3(CN(c4cc(C)cc(C)c4)C(=O)[C@H]13)O2)C(=O)NC1CCCC1. The summed E-state index contributed by atoms with van der Waals surface area (Å²) < 4.78 is 11.9. The summed E-state index contributed by atoms with van der Waals surface area (Å²) in [5.41, 5.74) is 2.14. The summed E-state index contributed by atoms with van der Waals surface area (Å²) in [6.45, 7) is 6.20. The molecule has 2 bridgehead atoms. The lowest BCUT2D eigenvalue weighted by Gasteiger charge is -2.25. The Labute approximate surface area is 194 Å². The van der Waals surface area contributed by atoms with Gasteiger partial charge in [-0.3, -0.25) is 14.4 Å². The summed E-state index contributed by atoms with van der Waals surface area (Å²) in [5.74, 6) is -2.29. The van der Waals surface area contributed by atoms with Gasteiger partial charge in [0, 0.05) is 11.7 Å². The number of carbonyl (C=O) groups is 3. The third kappa shape index (κ3) is 3.76. The van der Waals surface area contributed by atoms with Crippen molar-refractivity contribution in [1.29, 1.82) is 0 Å². The van der Waals surface area contributed by atoms with E-state index in [4.69, 9.17) is 9.47 Å². The minimum absolute atomic E-state index is 0.128. The Morgan fingerprint density at radius 3 is 2.58 bits per heavy atom. The Morgan fingerprint density at radius 2 is 1.91 bits per heavy atom. The number of rotatable bonds is 6. The van der Waals surface area contributed by atoms with E-state index in [-0.39, 0.29) is 17.9 Å². The first kappa shape index (κ1) is 22.1. The highest BCUT2D eigenvalue weighted by atomic mass is 16.6. The van der Waals surface area contributed by atoms with Gasteiger partial charge in [0.15, 0.2) is 6.10 Å². The molecule has 5 rings (SSSR count). The van der Waals surface area contributed by atoms with Crippen LogP contribution < -0.4 is 10.2 Å². The first-order chi connectivity index (χ1) is 15.8. The number of ether oxygens (including phenoxy) is 2. The standard InChI is InChI=1S/C26H32N2O5/c1-4-19(23(29)27-17-7-5-6-8-17)32-25(31)21-20-9-10-26(33-20)14-28(24(30)22(21)26)18-12-15(2)11-16(3)13-18/h9-13,17,19-22H,4-8,14H2,1-3H3,(H,27,29)/t19-,20-,21-,22-,26+/m0/s1. The molecule has 176 valence electrons. The average Bonchev–Trinajstić information content (AvgIpc) is 3.53. The molecule has 7 heteroatoms. The van der Waals surface area contributed by atoms with E-state index in [0.29, 0.717) is 13.0 Å². The quantitative estimate of drug-likeness (QED) is 0.530. The lowest BCUT2D eigenvalue weighted by Crippen LogP contribution is -2.45. The first-order valence-corrected chi connectivity index (χ1v) is 12.1. The third-order valence-corrected chi connectivity index (χ3v) is 7.51. The summed E-state index contributed by atoms with van der Waals surface area (Å²) >= 11 is 0. The lowest BCUT2D eigenvalue weighted by molar-refractivity contribution is -0.162. The van der Waals surface area contributed by atoms with Gasteiger partial charge in [0.2, 0.25) is 5.91 Å². The number of anilines is 1. The van der Waals surface area contributed by atoms with Gasteiger partial charge in [0.1, 0.15) is 11.5 Å². The summed E-state index contributed by atoms with van der Waals surface area (Å²) in [6.07, 6.45) is 6.97. The number of hydrogen-bond acceptors (Lipinski definition) is 5. The number of hydrogen-bond donors (Lipinski definition) is 1. The number of esters is 1. The van der Waals surface area contributed by atoms with Crippen molar-refractivity contribution in [3.63, 3.8) is 0 Å².